The van der Waals surface area contributed by atoms with Crippen LogP contribution in [0.5, 0.6) is 0 Å². The number of rotatable bonds is 6. The van der Waals surface area contributed by atoms with E-state index in [9.17, 15) is 18.0 Å². The lowest BCUT2D eigenvalue weighted by atomic mass is 9.86. The van der Waals surface area contributed by atoms with Crippen LogP contribution in [-0.4, -0.2) is 29.8 Å². The maximum atomic E-state index is 14.2. The maximum Gasteiger partial charge on any atom is 0.435 e. The summed E-state index contributed by atoms with van der Waals surface area (Å²) in [5.41, 5.74) is -1.14. The first-order valence-corrected chi connectivity index (χ1v) is 11.2. The highest BCUT2D eigenvalue weighted by Crippen LogP contribution is 2.49. The largest absolute Gasteiger partial charge is 0.435 e. The van der Waals surface area contributed by atoms with Gasteiger partial charge in [-0.05, 0) is 42.5 Å². The van der Waals surface area contributed by atoms with Crippen molar-refractivity contribution >= 4 is 40.5 Å². The molecule has 0 radical (unpaired) electrons. The highest BCUT2D eigenvalue weighted by molar-refractivity contribution is 6.34. The van der Waals surface area contributed by atoms with Crippen LogP contribution < -0.4 is 10.6 Å². The van der Waals surface area contributed by atoms with E-state index >= 15 is 0 Å². The fourth-order valence-electron chi connectivity index (χ4n) is 3.74. The monoisotopic (exact) mass is 522 g/mol. The number of anilines is 1. The van der Waals surface area contributed by atoms with Gasteiger partial charge >= 0.3 is 6.18 Å². The van der Waals surface area contributed by atoms with Gasteiger partial charge in [0, 0.05) is 46.5 Å². The van der Waals surface area contributed by atoms with Crippen LogP contribution in [0.15, 0.2) is 65.9 Å². The van der Waals surface area contributed by atoms with E-state index in [0.717, 1.165) is 12.1 Å². The highest BCUT2D eigenvalue weighted by Gasteiger charge is 2.62. The van der Waals surface area contributed by atoms with E-state index in [4.69, 9.17) is 28.0 Å². The molecule has 0 spiro atoms. The van der Waals surface area contributed by atoms with Crippen LogP contribution in [0.4, 0.5) is 18.9 Å². The smallest absolute Gasteiger partial charge is 0.387 e. The first-order valence-electron chi connectivity index (χ1n) is 10.4. The Bertz CT molecular complexity index is 1270. The topological polar surface area (TPSA) is 75.6 Å². The van der Waals surface area contributed by atoms with Gasteiger partial charge in [0.1, 0.15) is 0 Å². The van der Waals surface area contributed by atoms with Crippen molar-refractivity contribution in [3.8, 4) is 0 Å². The maximum absolute atomic E-state index is 14.2. The molecular formula is C24H19Cl2F3N4O2. The van der Waals surface area contributed by atoms with Crippen LogP contribution in [-0.2, 0) is 17.0 Å². The summed E-state index contributed by atoms with van der Waals surface area (Å²) >= 11 is 11.9. The molecule has 2 aromatic carbocycles. The lowest BCUT2D eigenvalue weighted by Gasteiger charge is -2.29. The summed E-state index contributed by atoms with van der Waals surface area (Å²) in [6, 6.07) is 13.6. The first-order chi connectivity index (χ1) is 16.6. The van der Waals surface area contributed by atoms with Gasteiger partial charge in [-0.15, -0.1) is 0 Å². The fraction of sp³-hybridized carbons (Fsp3) is 0.208. The lowest BCUT2D eigenvalue weighted by Crippen LogP contribution is -2.42. The summed E-state index contributed by atoms with van der Waals surface area (Å²) in [6.45, 7) is 0.224. The standard InChI is InChI=1S/C24H19Cl2F3N4O2/c1-30-20-8-14(5-6-19(20)22(34)32-13-18-4-2-3-7-31-18)21-12-23(35-33-21,24(27,28)29)15-9-16(25)11-17(26)10-15/h2-11,30H,12-13H2,1H3,(H,32,34). The highest BCUT2D eigenvalue weighted by atomic mass is 35.5. The molecular weight excluding hydrogens is 504 g/mol. The number of benzene rings is 2. The summed E-state index contributed by atoms with van der Waals surface area (Å²) < 4.78 is 42.7. The number of hydrogen-bond acceptors (Lipinski definition) is 5. The van der Waals surface area contributed by atoms with E-state index in [-0.39, 0.29) is 33.8 Å². The third-order valence-corrected chi connectivity index (χ3v) is 5.97. The minimum atomic E-state index is -4.80. The van der Waals surface area contributed by atoms with Crippen molar-refractivity contribution in [2.45, 2.75) is 24.7 Å². The number of carbonyl (C=O) groups excluding carboxylic acids is 1. The molecule has 2 N–H and O–H groups in total. The van der Waals surface area contributed by atoms with Gasteiger partial charge in [0.25, 0.3) is 11.5 Å². The van der Waals surface area contributed by atoms with Crippen LogP contribution in [0.3, 0.4) is 0 Å². The van der Waals surface area contributed by atoms with Gasteiger partial charge in [0.05, 0.1) is 23.5 Å². The molecule has 1 atom stereocenters. The number of alkyl halides is 3. The molecule has 3 aromatic rings. The normalized spacial score (nSPS) is 17.5. The molecule has 4 rings (SSSR count). The Balaban J connectivity index is 1.59. The van der Waals surface area contributed by atoms with E-state index in [1.165, 1.54) is 18.2 Å². The number of aromatic nitrogens is 1. The van der Waals surface area contributed by atoms with Gasteiger partial charge in [0.2, 0.25) is 0 Å². The van der Waals surface area contributed by atoms with Crippen LogP contribution in [0, 0.1) is 0 Å². The number of hydrogen-bond donors (Lipinski definition) is 2. The average Bonchev–Trinajstić information content (AvgIpc) is 3.29. The van der Waals surface area contributed by atoms with Gasteiger partial charge in [-0.3, -0.25) is 9.78 Å². The van der Waals surface area contributed by atoms with Crippen molar-refractivity contribution in [1.29, 1.82) is 0 Å². The lowest BCUT2D eigenvalue weighted by molar-refractivity contribution is -0.275. The average molecular weight is 523 g/mol. The number of pyridine rings is 1. The third kappa shape index (κ3) is 5.06. The van der Waals surface area contributed by atoms with Crippen LogP contribution in [0.2, 0.25) is 10.0 Å². The third-order valence-electron chi connectivity index (χ3n) is 5.54. The zero-order valence-electron chi connectivity index (χ0n) is 18.3. The first kappa shape index (κ1) is 24.8. The van der Waals surface area contributed by atoms with Gasteiger partial charge in [-0.25, -0.2) is 0 Å². The van der Waals surface area contributed by atoms with E-state index in [2.05, 4.69) is 20.8 Å². The molecule has 0 saturated heterocycles. The molecule has 35 heavy (non-hydrogen) atoms. The predicted octanol–water partition coefficient (Wildman–Crippen LogP) is 5.94. The van der Waals surface area contributed by atoms with Gasteiger partial charge in [-0.2, -0.15) is 13.2 Å². The second kappa shape index (κ2) is 9.75. The molecule has 0 fully saturated rings. The second-order valence-corrected chi connectivity index (χ2v) is 8.68. The van der Waals surface area contributed by atoms with Crippen molar-refractivity contribution in [2.75, 3.05) is 12.4 Å². The Morgan fingerprint density at radius 2 is 1.86 bits per heavy atom. The fourth-order valence-corrected chi connectivity index (χ4v) is 4.27. The van der Waals surface area contributed by atoms with E-state index in [1.54, 1.807) is 31.4 Å². The Morgan fingerprint density at radius 3 is 2.49 bits per heavy atom. The van der Waals surface area contributed by atoms with E-state index in [0.29, 0.717) is 22.5 Å². The molecule has 6 nitrogen and oxygen atoms in total. The Hall–Kier alpha value is -3.30. The van der Waals surface area contributed by atoms with E-state index in [1.807, 2.05) is 6.07 Å². The minimum absolute atomic E-state index is 0.0479. The zero-order chi connectivity index (χ0) is 25.2. The van der Waals surface area contributed by atoms with Crippen LogP contribution >= 0.6 is 23.2 Å². The van der Waals surface area contributed by atoms with Crippen molar-refractivity contribution in [3.05, 3.63) is 93.2 Å². The summed E-state index contributed by atoms with van der Waals surface area (Å²) in [6.07, 6.45) is -3.77. The second-order valence-electron chi connectivity index (χ2n) is 7.80. The molecule has 1 aliphatic heterocycles. The van der Waals surface area contributed by atoms with Gasteiger partial charge in [0.15, 0.2) is 0 Å². The number of amides is 1. The van der Waals surface area contributed by atoms with Crippen molar-refractivity contribution in [3.63, 3.8) is 0 Å². The van der Waals surface area contributed by atoms with Crippen LogP contribution in [0.25, 0.3) is 0 Å². The molecule has 2 heterocycles. The molecule has 1 aromatic heterocycles. The van der Waals surface area contributed by atoms with E-state index < -0.39 is 18.2 Å². The SMILES string of the molecule is CNc1cc(C2=NOC(c3cc(Cl)cc(Cl)c3)(C(F)(F)F)C2)ccc1C(=O)NCc1ccccn1. The summed E-state index contributed by atoms with van der Waals surface area (Å²) in [4.78, 5) is 21.9. The molecule has 1 unspecified atom stereocenters. The molecule has 0 aliphatic carbocycles. The quantitative estimate of drug-likeness (QED) is 0.419. The molecule has 0 bridgehead atoms. The Labute approximate surface area is 209 Å². The molecule has 1 amide bonds. The van der Waals surface area contributed by atoms with Crippen molar-refractivity contribution in [2.24, 2.45) is 5.16 Å². The molecule has 11 heteroatoms. The molecule has 182 valence electrons. The predicted molar refractivity (Wildman–Crippen MR) is 128 cm³/mol. The number of halogens is 5. The number of oxime groups is 1. The number of nitrogens with one attached hydrogen (secondary N) is 2. The summed E-state index contributed by atoms with van der Waals surface area (Å²) in [7, 11) is 1.61. The van der Waals surface area contributed by atoms with Crippen molar-refractivity contribution in [1.82, 2.24) is 10.3 Å². The van der Waals surface area contributed by atoms with Crippen LogP contribution in [0.1, 0.15) is 33.6 Å². The molecule has 0 saturated carbocycles. The Kier molecular flexibility index (Phi) is 6.91. The van der Waals surface area contributed by atoms with Crippen molar-refractivity contribution < 1.29 is 22.8 Å². The number of nitrogens with zero attached hydrogens (tertiary/aromatic N) is 2. The van der Waals surface area contributed by atoms with Gasteiger partial charge < -0.3 is 15.5 Å². The summed E-state index contributed by atoms with van der Waals surface area (Å²) in [5.74, 6) is -0.366. The minimum Gasteiger partial charge on any atom is -0.387 e. The molecule has 1 aliphatic rings. The summed E-state index contributed by atoms with van der Waals surface area (Å²) in [5, 5.41) is 9.54. The van der Waals surface area contributed by atoms with Gasteiger partial charge in [-0.1, -0.05) is 40.5 Å². The zero-order valence-corrected chi connectivity index (χ0v) is 19.8. The number of carbonyl (C=O) groups is 1. The Morgan fingerprint density at radius 1 is 1.11 bits per heavy atom.